The van der Waals surface area contributed by atoms with Gasteiger partial charge in [0.15, 0.2) is 0 Å². The minimum Gasteiger partial charge on any atom is -0.443 e. The Morgan fingerprint density at radius 1 is 1.18 bits per heavy atom. The van der Waals surface area contributed by atoms with Gasteiger partial charge in [0, 0.05) is 28.8 Å². The number of primary amides is 1. The van der Waals surface area contributed by atoms with Gasteiger partial charge >= 0.3 is 6.03 Å². The minimum atomic E-state index is -4.08. The Morgan fingerprint density at radius 3 is 2.64 bits per heavy atom. The highest BCUT2D eigenvalue weighted by Crippen LogP contribution is 2.29. The maximum absolute atomic E-state index is 12.7. The number of rotatable bonds is 7. The Morgan fingerprint density at radius 2 is 1.93 bits per heavy atom. The number of nitrogens with two attached hydrogens (primary N) is 1. The molecule has 148 valence electrons. The first-order valence-corrected chi connectivity index (χ1v) is 11.2. The molecule has 0 bridgehead atoms. The van der Waals surface area contributed by atoms with Crippen LogP contribution in [0.15, 0.2) is 62.9 Å². The largest absolute Gasteiger partial charge is 0.443 e. The fraction of sp³-hybridized carbons (Fsp3) is 0.118. The smallest absolute Gasteiger partial charge is 0.312 e. The van der Waals surface area contributed by atoms with Crippen molar-refractivity contribution in [1.82, 2.24) is 5.32 Å². The van der Waals surface area contributed by atoms with Crippen LogP contribution in [0.25, 0.3) is 11.0 Å². The number of hydrogen-bond donors (Lipinski definition) is 3. The molecule has 11 heteroatoms. The third-order valence-electron chi connectivity index (χ3n) is 3.69. The summed E-state index contributed by atoms with van der Waals surface area (Å²) in [7, 11) is -5.69. The number of sulfonamides is 1. The van der Waals surface area contributed by atoms with Crippen molar-refractivity contribution in [2.24, 2.45) is 5.73 Å². The van der Waals surface area contributed by atoms with Crippen LogP contribution in [0.2, 0.25) is 5.02 Å². The van der Waals surface area contributed by atoms with E-state index in [0.29, 0.717) is 11.0 Å². The first-order chi connectivity index (χ1) is 13.3. The Balaban J connectivity index is 1.89. The van der Waals surface area contributed by atoms with E-state index in [9.17, 15) is 17.4 Å². The lowest BCUT2D eigenvalue weighted by atomic mass is 10.3. The molecule has 0 fully saturated rings. The average molecular weight is 442 g/mol. The van der Waals surface area contributed by atoms with Crippen LogP contribution in [0, 0.1) is 0 Å². The van der Waals surface area contributed by atoms with Gasteiger partial charge in [0.25, 0.3) is 10.0 Å². The number of fused-ring (bicyclic) bond motifs is 1. The summed E-state index contributed by atoms with van der Waals surface area (Å²) in [5, 5.41) is 2.95. The first-order valence-electron chi connectivity index (χ1n) is 7.99. The highest BCUT2D eigenvalue weighted by molar-refractivity contribution is 7.92. The molecule has 1 unspecified atom stereocenters. The third-order valence-corrected chi connectivity index (χ3v) is 6.56. The van der Waals surface area contributed by atoms with Crippen molar-refractivity contribution in [3.63, 3.8) is 0 Å². The van der Waals surface area contributed by atoms with Crippen LogP contribution in [-0.4, -0.2) is 31.0 Å². The van der Waals surface area contributed by atoms with Crippen LogP contribution in [0.3, 0.4) is 0 Å². The van der Waals surface area contributed by atoms with Gasteiger partial charge in [0.2, 0.25) is 5.09 Å². The molecule has 1 aromatic heterocycles. The lowest BCUT2D eigenvalue weighted by Gasteiger charge is -2.12. The second-order valence-corrected chi connectivity index (χ2v) is 9.28. The first kappa shape index (κ1) is 20.2. The number of halogens is 1. The van der Waals surface area contributed by atoms with Gasteiger partial charge < -0.3 is 15.5 Å². The molecule has 1 heterocycles. The Labute approximate surface area is 168 Å². The van der Waals surface area contributed by atoms with Gasteiger partial charge in [0.05, 0.1) is 21.4 Å². The van der Waals surface area contributed by atoms with Crippen LogP contribution < -0.4 is 15.8 Å². The molecule has 0 spiro atoms. The topological polar surface area (TPSA) is 132 Å². The summed E-state index contributed by atoms with van der Waals surface area (Å²) in [5.41, 5.74) is 5.46. The van der Waals surface area contributed by atoms with E-state index >= 15 is 0 Å². The summed E-state index contributed by atoms with van der Waals surface area (Å²) in [5.74, 6) is 0.0456. The van der Waals surface area contributed by atoms with Gasteiger partial charge in [-0.2, -0.15) is 8.42 Å². The minimum absolute atomic E-state index is 0.0456. The molecular formula is C17H16ClN3O5S2. The summed E-state index contributed by atoms with van der Waals surface area (Å²) in [6, 6.07) is 11.8. The number of hydrogen-bond acceptors (Lipinski definition) is 5. The van der Waals surface area contributed by atoms with Gasteiger partial charge in [0.1, 0.15) is 5.58 Å². The Kier molecular flexibility index (Phi) is 5.92. The number of amides is 2. The second-order valence-electron chi connectivity index (χ2n) is 5.69. The van der Waals surface area contributed by atoms with Crippen LogP contribution in [-0.2, 0) is 20.8 Å². The standard InChI is InChI=1S/C17H16ClN3O5S2/c18-12-5-6-15(27(23)8-7-20-17(19)22)13(10-12)21-28(24,25)16-9-11-3-1-2-4-14(11)26-16/h1-6,9-10,21H,7-8H2,(H3,19,20,22). The van der Waals surface area contributed by atoms with E-state index < -0.39 is 26.9 Å². The average Bonchev–Trinajstić information content (AvgIpc) is 3.06. The van der Waals surface area contributed by atoms with Crippen molar-refractivity contribution in [3.05, 3.63) is 53.6 Å². The van der Waals surface area contributed by atoms with Crippen LogP contribution in [0.4, 0.5) is 10.5 Å². The third kappa shape index (κ3) is 4.64. The molecular weight excluding hydrogens is 426 g/mol. The maximum Gasteiger partial charge on any atom is 0.312 e. The molecule has 2 amide bonds. The lowest BCUT2D eigenvalue weighted by Crippen LogP contribution is -2.32. The number of anilines is 1. The zero-order chi connectivity index (χ0) is 20.3. The van der Waals surface area contributed by atoms with E-state index in [1.165, 1.54) is 24.3 Å². The summed E-state index contributed by atoms with van der Waals surface area (Å²) in [6.45, 7) is 0.0698. The van der Waals surface area contributed by atoms with Crippen LogP contribution in [0.5, 0.6) is 0 Å². The van der Waals surface area contributed by atoms with Crippen molar-refractivity contribution in [2.75, 3.05) is 17.0 Å². The summed E-state index contributed by atoms with van der Waals surface area (Å²) in [4.78, 5) is 11.0. The lowest BCUT2D eigenvalue weighted by molar-refractivity contribution is 0.249. The zero-order valence-corrected chi connectivity index (χ0v) is 16.7. The van der Waals surface area contributed by atoms with Gasteiger partial charge in [-0.15, -0.1) is 0 Å². The van der Waals surface area contributed by atoms with Crippen molar-refractivity contribution in [1.29, 1.82) is 0 Å². The van der Waals surface area contributed by atoms with Gasteiger partial charge in [-0.3, -0.25) is 8.93 Å². The Bertz CT molecular complexity index is 1130. The summed E-state index contributed by atoms with van der Waals surface area (Å²) in [6.07, 6.45) is 0. The van der Waals surface area contributed by atoms with Crippen molar-refractivity contribution in [2.45, 2.75) is 9.99 Å². The fourth-order valence-electron chi connectivity index (χ4n) is 2.44. The number of carbonyl (C=O) groups is 1. The van der Waals surface area contributed by atoms with E-state index in [2.05, 4.69) is 10.0 Å². The van der Waals surface area contributed by atoms with E-state index in [4.69, 9.17) is 21.8 Å². The van der Waals surface area contributed by atoms with Crippen LogP contribution >= 0.6 is 11.6 Å². The number of benzene rings is 2. The fourth-order valence-corrected chi connectivity index (χ4v) is 4.80. The number of nitrogens with one attached hydrogen (secondary N) is 2. The summed E-state index contributed by atoms with van der Waals surface area (Å²) < 4.78 is 45.8. The number of carbonyl (C=O) groups excluding carboxylic acids is 1. The molecule has 3 rings (SSSR count). The predicted molar refractivity (Wildman–Crippen MR) is 107 cm³/mol. The van der Waals surface area contributed by atoms with Gasteiger partial charge in [-0.05, 0) is 24.3 Å². The normalized spacial score (nSPS) is 12.6. The number of urea groups is 1. The van der Waals surface area contributed by atoms with E-state index in [0.717, 1.165) is 0 Å². The molecule has 28 heavy (non-hydrogen) atoms. The Hall–Kier alpha value is -2.56. The summed E-state index contributed by atoms with van der Waals surface area (Å²) >= 11 is 5.98. The maximum atomic E-state index is 12.7. The highest BCUT2D eigenvalue weighted by atomic mass is 35.5. The quantitative estimate of drug-likeness (QED) is 0.518. The van der Waals surface area contributed by atoms with Crippen molar-refractivity contribution in [3.8, 4) is 0 Å². The SMILES string of the molecule is NC(=O)NCCS(=O)c1ccc(Cl)cc1NS(=O)(=O)c1cc2ccccc2o1. The molecule has 0 saturated heterocycles. The molecule has 2 aromatic carbocycles. The zero-order valence-electron chi connectivity index (χ0n) is 14.3. The molecule has 4 N–H and O–H groups in total. The molecule has 8 nitrogen and oxygen atoms in total. The molecule has 3 aromatic rings. The monoisotopic (exact) mass is 441 g/mol. The van der Waals surface area contributed by atoms with E-state index in [-0.39, 0.29) is 33.0 Å². The number of furan rings is 1. The second kappa shape index (κ2) is 8.21. The van der Waals surface area contributed by atoms with E-state index in [1.54, 1.807) is 24.3 Å². The van der Waals surface area contributed by atoms with Gasteiger partial charge in [-0.1, -0.05) is 29.8 Å². The van der Waals surface area contributed by atoms with Crippen molar-refractivity contribution < 1.29 is 21.8 Å². The number of para-hydroxylation sites is 1. The van der Waals surface area contributed by atoms with Crippen molar-refractivity contribution >= 4 is 55.1 Å². The van der Waals surface area contributed by atoms with E-state index in [1.807, 2.05) is 0 Å². The molecule has 0 saturated carbocycles. The van der Waals surface area contributed by atoms with Crippen LogP contribution in [0.1, 0.15) is 0 Å². The molecule has 0 radical (unpaired) electrons. The molecule has 1 atom stereocenters. The molecule has 0 aliphatic heterocycles. The van der Waals surface area contributed by atoms with Gasteiger partial charge in [-0.25, -0.2) is 4.79 Å². The predicted octanol–water partition coefficient (Wildman–Crippen LogP) is 2.66. The molecule has 0 aliphatic rings. The highest BCUT2D eigenvalue weighted by Gasteiger charge is 2.22. The molecule has 0 aliphatic carbocycles.